The first-order chi connectivity index (χ1) is 7.84. The normalized spacial score (nSPS) is 13.1. The second-order valence-corrected chi connectivity index (χ2v) is 5.13. The molecular weight excluding hydrogens is 242 g/mol. The van der Waals surface area contributed by atoms with E-state index in [9.17, 15) is 13.2 Å². The van der Waals surface area contributed by atoms with Crippen molar-refractivity contribution in [3.05, 3.63) is 24.3 Å². The largest absolute Gasteiger partial charge is 0.325 e. The third kappa shape index (κ3) is 3.81. The summed E-state index contributed by atoms with van der Waals surface area (Å²) in [5, 5.41) is 7.51. The highest BCUT2D eigenvalue weighted by Gasteiger charge is 2.12. The summed E-state index contributed by atoms with van der Waals surface area (Å²) in [6.07, 6.45) is 0.529. The van der Waals surface area contributed by atoms with Crippen LogP contribution in [0.4, 0.5) is 5.69 Å². The topological polar surface area (TPSA) is 115 Å². The molecule has 0 fully saturated rings. The van der Waals surface area contributed by atoms with Crippen molar-refractivity contribution in [1.29, 1.82) is 0 Å². The zero-order valence-electron chi connectivity index (χ0n) is 9.38. The fourth-order valence-corrected chi connectivity index (χ4v) is 1.66. The molecule has 17 heavy (non-hydrogen) atoms. The van der Waals surface area contributed by atoms with Crippen molar-refractivity contribution in [2.75, 3.05) is 5.32 Å². The van der Waals surface area contributed by atoms with E-state index in [2.05, 4.69) is 5.32 Å². The Morgan fingerprint density at radius 2 is 1.88 bits per heavy atom. The molecule has 0 aromatic heterocycles. The Kier molecular flexibility index (Phi) is 4.22. The van der Waals surface area contributed by atoms with Gasteiger partial charge in [0.05, 0.1) is 10.9 Å². The van der Waals surface area contributed by atoms with E-state index in [0.29, 0.717) is 12.1 Å². The van der Waals surface area contributed by atoms with E-state index < -0.39 is 16.1 Å². The molecule has 0 heterocycles. The number of anilines is 1. The van der Waals surface area contributed by atoms with Gasteiger partial charge in [-0.3, -0.25) is 4.79 Å². The average molecular weight is 257 g/mol. The standard InChI is InChI=1S/C10H15N3O3S/c1-2-9(11)10(14)13-7-3-5-8(6-4-7)17(12,15)16/h3-6,9H,2,11H2,1H3,(H,13,14)(H2,12,15,16). The minimum Gasteiger partial charge on any atom is -0.325 e. The monoisotopic (exact) mass is 257 g/mol. The van der Waals surface area contributed by atoms with Crippen LogP contribution in [0.1, 0.15) is 13.3 Å². The predicted molar refractivity (Wildman–Crippen MR) is 64.7 cm³/mol. The van der Waals surface area contributed by atoms with Crippen molar-refractivity contribution < 1.29 is 13.2 Å². The molecule has 1 rings (SSSR count). The molecule has 0 spiro atoms. The number of nitrogens with two attached hydrogens (primary N) is 2. The number of rotatable bonds is 4. The molecule has 0 aliphatic heterocycles. The van der Waals surface area contributed by atoms with Crippen LogP contribution in [0.5, 0.6) is 0 Å². The molecule has 0 saturated carbocycles. The first-order valence-electron chi connectivity index (χ1n) is 5.04. The highest BCUT2D eigenvalue weighted by Crippen LogP contribution is 2.12. The van der Waals surface area contributed by atoms with E-state index in [1.165, 1.54) is 24.3 Å². The Labute approximate surface area is 100 Å². The molecule has 94 valence electrons. The number of benzene rings is 1. The van der Waals surface area contributed by atoms with Gasteiger partial charge in [-0.1, -0.05) is 6.92 Å². The predicted octanol–water partition coefficient (Wildman–Crippen LogP) is 0.00980. The number of hydrogen-bond acceptors (Lipinski definition) is 4. The SMILES string of the molecule is CCC(N)C(=O)Nc1ccc(S(N)(=O)=O)cc1. The molecule has 0 bridgehead atoms. The second-order valence-electron chi connectivity index (χ2n) is 3.57. The molecule has 0 aliphatic rings. The van der Waals surface area contributed by atoms with Crippen molar-refractivity contribution in [3.63, 3.8) is 0 Å². The van der Waals surface area contributed by atoms with Crippen molar-refractivity contribution in [2.24, 2.45) is 10.9 Å². The molecular formula is C10H15N3O3S. The third-order valence-corrected chi connectivity index (χ3v) is 3.16. The van der Waals surface area contributed by atoms with E-state index in [1.54, 1.807) is 6.92 Å². The van der Waals surface area contributed by atoms with E-state index in [0.717, 1.165) is 0 Å². The summed E-state index contributed by atoms with van der Waals surface area (Å²) >= 11 is 0. The summed E-state index contributed by atoms with van der Waals surface area (Å²) in [6.45, 7) is 1.80. The van der Waals surface area contributed by atoms with E-state index in [4.69, 9.17) is 10.9 Å². The molecule has 1 aromatic carbocycles. The van der Waals surface area contributed by atoms with Gasteiger partial charge in [0, 0.05) is 5.69 Å². The van der Waals surface area contributed by atoms with E-state index >= 15 is 0 Å². The lowest BCUT2D eigenvalue weighted by atomic mass is 10.2. The minimum atomic E-state index is -3.71. The van der Waals surface area contributed by atoms with Crippen molar-refractivity contribution in [1.82, 2.24) is 0 Å². The Hall–Kier alpha value is -1.44. The maximum atomic E-state index is 11.4. The van der Waals surface area contributed by atoms with Crippen LogP contribution in [0.3, 0.4) is 0 Å². The Morgan fingerprint density at radius 3 is 2.29 bits per heavy atom. The van der Waals surface area contributed by atoms with Gasteiger partial charge in [-0.2, -0.15) is 0 Å². The molecule has 0 saturated heterocycles. The second kappa shape index (κ2) is 5.26. The molecule has 1 aromatic rings. The van der Waals surface area contributed by atoms with Gasteiger partial charge in [0.1, 0.15) is 0 Å². The molecule has 5 N–H and O–H groups in total. The van der Waals surface area contributed by atoms with Crippen LogP contribution in [0.2, 0.25) is 0 Å². The maximum Gasteiger partial charge on any atom is 0.241 e. The Balaban J connectivity index is 2.79. The summed E-state index contributed by atoms with van der Waals surface area (Å²) in [5.74, 6) is -0.309. The molecule has 0 radical (unpaired) electrons. The quantitative estimate of drug-likeness (QED) is 0.704. The number of amides is 1. The van der Waals surface area contributed by atoms with Crippen molar-refractivity contribution in [3.8, 4) is 0 Å². The summed E-state index contributed by atoms with van der Waals surface area (Å²) in [4.78, 5) is 11.4. The molecule has 7 heteroatoms. The zero-order chi connectivity index (χ0) is 13.1. The lowest BCUT2D eigenvalue weighted by Gasteiger charge is -2.10. The van der Waals surface area contributed by atoms with E-state index in [-0.39, 0.29) is 10.8 Å². The number of sulfonamides is 1. The summed E-state index contributed by atoms with van der Waals surface area (Å²) in [6, 6.07) is 4.98. The fraction of sp³-hybridized carbons (Fsp3) is 0.300. The lowest BCUT2D eigenvalue weighted by molar-refractivity contribution is -0.117. The zero-order valence-corrected chi connectivity index (χ0v) is 10.2. The lowest BCUT2D eigenvalue weighted by Crippen LogP contribution is -2.34. The molecule has 6 nitrogen and oxygen atoms in total. The Morgan fingerprint density at radius 1 is 1.35 bits per heavy atom. The van der Waals surface area contributed by atoms with Gasteiger partial charge >= 0.3 is 0 Å². The summed E-state index contributed by atoms with van der Waals surface area (Å²) in [5.41, 5.74) is 6.01. The number of nitrogens with one attached hydrogen (secondary N) is 1. The smallest absolute Gasteiger partial charge is 0.241 e. The van der Waals surface area contributed by atoms with Crippen LogP contribution in [0.15, 0.2) is 29.2 Å². The molecule has 0 aliphatic carbocycles. The van der Waals surface area contributed by atoms with Crippen LogP contribution >= 0.6 is 0 Å². The van der Waals surface area contributed by atoms with Gasteiger partial charge in [-0.05, 0) is 30.7 Å². The van der Waals surface area contributed by atoms with Crippen LogP contribution in [-0.4, -0.2) is 20.4 Å². The number of hydrogen-bond donors (Lipinski definition) is 3. The maximum absolute atomic E-state index is 11.4. The highest BCUT2D eigenvalue weighted by molar-refractivity contribution is 7.89. The van der Waals surface area contributed by atoms with E-state index in [1.807, 2.05) is 0 Å². The fourth-order valence-electron chi connectivity index (χ4n) is 1.15. The highest BCUT2D eigenvalue weighted by atomic mass is 32.2. The van der Waals surface area contributed by atoms with Gasteiger partial charge in [0.25, 0.3) is 0 Å². The van der Waals surface area contributed by atoms with Gasteiger partial charge in [0.15, 0.2) is 0 Å². The molecule has 1 amide bonds. The van der Waals surface area contributed by atoms with Gasteiger partial charge in [-0.25, -0.2) is 13.6 Å². The van der Waals surface area contributed by atoms with Crippen LogP contribution in [0, 0.1) is 0 Å². The van der Waals surface area contributed by atoms with Gasteiger partial charge in [0.2, 0.25) is 15.9 Å². The van der Waals surface area contributed by atoms with Gasteiger partial charge in [-0.15, -0.1) is 0 Å². The van der Waals surface area contributed by atoms with Crippen LogP contribution in [0.25, 0.3) is 0 Å². The Bertz CT molecular complexity index is 496. The van der Waals surface area contributed by atoms with Crippen molar-refractivity contribution >= 4 is 21.6 Å². The number of carbonyl (C=O) groups is 1. The molecule has 1 atom stereocenters. The third-order valence-electron chi connectivity index (χ3n) is 2.23. The number of carbonyl (C=O) groups excluding carboxylic acids is 1. The summed E-state index contributed by atoms with van der Waals surface area (Å²) < 4.78 is 22.0. The first kappa shape index (κ1) is 13.6. The average Bonchev–Trinajstić information content (AvgIpc) is 2.27. The van der Waals surface area contributed by atoms with Gasteiger partial charge < -0.3 is 11.1 Å². The molecule has 1 unspecified atom stereocenters. The summed E-state index contributed by atoms with van der Waals surface area (Å²) in [7, 11) is -3.71. The number of primary sulfonamides is 1. The van der Waals surface area contributed by atoms with Crippen LogP contribution < -0.4 is 16.2 Å². The van der Waals surface area contributed by atoms with Crippen LogP contribution in [-0.2, 0) is 14.8 Å². The minimum absolute atomic E-state index is 0.00436. The van der Waals surface area contributed by atoms with Crippen molar-refractivity contribution in [2.45, 2.75) is 24.3 Å². The first-order valence-corrected chi connectivity index (χ1v) is 6.58.